The number of nitrogens with one attached hydrogen (secondary N) is 2. The van der Waals surface area contributed by atoms with Crippen molar-refractivity contribution < 1.29 is 9.53 Å². The smallest absolute Gasteiger partial charge is 0.328 e. The van der Waals surface area contributed by atoms with Gasteiger partial charge < -0.3 is 10.1 Å². The maximum absolute atomic E-state index is 10.3. The summed E-state index contributed by atoms with van der Waals surface area (Å²) in [6.07, 6.45) is 0. The number of hydrazine groups is 1. The lowest BCUT2D eigenvalue weighted by molar-refractivity contribution is 0.196. The third-order valence-corrected chi connectivity index (χ3v) is 0.723. The maximum atomic E-state index is 10.3. The Bertz CT molecular complexity index is 85.9. The molecule has 0 saturated heterocycles. The topological polar surface area (TPSA) is 76.4 Å². The molecule has 0 aromatic rings. The first kappa shape index (κ1) is 8.19. The van der Waals surface area contributed by atoms with Crippen LogP contribution in [-0.2, 0) is 4.74 Å². The van der Waals surface area contributed by atoms with Crippen LogP contribution in [0.1, 0.15) is 0 Å². The number of hydrogen-bond acceptors (Lipinski definition) is 3. The summed E-state index contributed by atoms with van der Waals surface area (Å²) in [5.41, 5.74) is 1.92. The van der Waals surface area contributed by atoms with Crippen LogP contribution in [0.5, 0.6) is 0 Å². The highest BCUT2D eigenvalue weighted by Gasteiger charge is 1.91. The van der Waals surface area contributed by atoms with Crippen molar-refractivity contribution in [1.82, 2.24) is 10.7 Å². The molecule has 54 valence electrons. The highest BCUT2D eigenvalue weighted by molar-refractivity contribution is 5.72. The van der Waals surface area contributed by atoms with Gasteiger partial charge in [0.1, 0.15) is 0 Å². The van der Waals surface area contributed by atoms with E-state index in [4.69, 9.17) is 5.84 Å². The summed E-state index contributed by atoms with van der Waals surface area (Å²) in [6, 6.07) is -0.396. The highest BCUT2D eigenvalue weighted by Crippen LogP contribution is 1.63. The Labute approximate surface area is 53.5 Å². The predicted octanol–water partition coefficient (Wildman–Crippen LogP) is -1.19. The zero-order valence-corrected chi connectivity index (χ0v) is 5.31. The second-order valence-corrected chi connectivity index (χ2v) is 1.39. The fourth-order valence-corrected chi connectivity index (χ4v) is 0.318. The first-order valence-electron chi connectivity index (χ1n) is 2.54. The van der Waals surface area contributed by atoms with Gasteiger partial charge in [0.2, 0.25) is 0 Å². The minimum atomic E-state index is -0.396. The minimum Gasteiger partial charge on any atom is -0.383 e. The fraction of sp³-hybridized carbons (Fsp3) is 0.750. The molecule has 0 unspecified atom stereocenters. The Morgan fingerprint density at radius 3 is 2.89 bits per heavy atom. The number of urea groups is 1. The number of rotatable bonds is 3. The van der Waals surface area contributed by atoms with E-state index in [9.17, 15) is 4.79 Å². The van der Waals surface area contributed by atoms with Crippen molar-refractivity contribution in [3.8, 4) is 0 Å². The first-order chi connectivity index (χ1) is 4.31. The van der Waals surface area contributed by atoms with Crippen LogP contribution in [0.4, 0.5) is 4.79 Å². The molecule has 5 nitrogen and oxygen atoms in total. The third-order valence-electron chi connectivity index (χ3n) is 0.723. The average Bonchev–Trinajstić information content (AvgIpc) is 1.89. The number of carbonyl (C=O) groups is 1. The molecule has 0 aromatic carbocycles. The van der Waals surface area contributed by atoms with Crippen LogP contribution >= 0.6 is 0 Å². The lowest BCUT2D eigenvalue weighted by Gasteiger charge is -2.00. The van der Waals surface area contributed by atoms with Crippen molar-refractivity contribution in [2.75, 3.05) is 20.3 Å². The molecule has 0 radical (unpaired) electrons. The molecule has 0 aliphatic carbocycles. The van der Waals surface area contributed by atoms with Crippen LogP contribution in [0.3, 0.4) is 0 Å². The number of carbonyl (C=O) groups excluding carboxylic acids is 1. The van der Waals surface area contributed by atoms with Crippen LogP contribution in [-0.4, -0.2) is 26.3 Å². The molecule has 0 aliphatic rings. The third kappa shape index (κ3) is 5.05. The molecule has 0 spiro atoms. The molecule has 0 saturated carbocycles. The summed E-state index contributed by atoms with van der Waals surface area (Å²) in [5, 5.41) is 2.43. The van der Waals surface area contributed by atoms with Crippen molar-refractivity contribution in [3.05, 3.63) is 0 Å². The molecule has 0 aliphatic heterocycles. The Kier molecular flexibility index (Phi) is 4.85. The van der Waals surface area contributed by atoms with E-state index in [-0.39, 0.29) is 0 Å². The van der Waals surface area contributed by atoms with Gasteiger partial charge in [0.05, 0.1) is 6.61 Å². The molecular formula is C4H11N3O2. The minimum absolute atomic E-state index is 0.396. The normalized spacial score (nSPS) is 8.67. The molecule has 0 aromatic heterocycles. The number of nitrogens with two attached hydrogens (primary N) is 1. The standard InChI is InChI=1S/C4H11N3O2/c1-9-3-2-6-4(8)7-5/h2-3,5H2,1H3,(H2,6,7,8). The Morgan fingerprint density at radius 2 is 2.44 bits per heavy atom. The number of hydrogen-bond donors (Lipinski definition) is 3. The Morgan fingerprint density at radius 1 is 1.78 bits per heavy atom. The van der Waals surface area contributed by atoms with Gasteiger partial charge in [0.15, 0.2) is 0 Å². The van der Waals surface area contributed by atoms with Gasteiger partial charge in [-0.05, 0) is 0 Å². The van der Waals surface area contributed by atoms with Crippen LogP contribution in [0.15, 0.2) is 0 Å². The Balaban J connectivity index is 2.97. The highest BCUT2D eigenvalue weighted by atomic mass is 16.5. The van der Waals surface area contributed by atoms with Crippen LogP contribution in [0.25, 0.3) is 0 Å². The van der Waals surface area contributed by atoms with E-state index in [0.717, 1.165) is 0 Å². The van der Waals surface area contributed by atoms with Gasteiger partial charge in [-0.15, -0.1) is 0 Å². The van der Waals surface area contributed by atoms with E-state index < -0.39 is 6.03 Å². The summed E-state index contributed by atoms with van der Waals surface area (Å²) in [7, 11) is 1.56. The largest absolute Gasteiger partial charge is 0.383 e. The zero-order valence-electron chi connectivity index (χ0n) is 5.31. The monoisotopic (exact) mass is 133 g/mol. The van der Waals surface area contributed by atoms with E-state index in [1.54, 1.807) is 7.11 Å². The Hall–Kier alpha value is -0.810. The van der Waals surface area contributed by atoms with E-state index in [1.165, 1.54) is 0 Å². The molecule has 9 heavy (non-hydrogen) atoms. The van der Waals surface area contributed by atoms with Crippen molar-refractivity contribution in [2.45, 2.75) is 0 Å². The molecule has 0 rings (SSSR count). The predicted molar refractivity (Wildman–Crippen MR) is 32.6 cm³/mol. The van der Waals surface area contributed by atoms with Gasteiger partial charge in [0.25, 0.3) is 0 Å². The maximum Gasteiger partial charge on any atom is 0.328 e. The molecule has 0 heterocycles. The van der Waals surface area contributed by atoms with Gasteiger partial charge in [-0.25, -0.2) is 10.6 Å². The fourth-order valence-electron chi connectivity index (χ4n) is 0.318. The van der Waals surface area contributed by atoms with Crippen LogP contribution in [0, 0.1) is 0 Å². The lowest BCUT2D eigenvalue weighted by Crippen LogP contribution is -2.41. The van der Waals surface area contributed by atoms with Gasteiger partial charge in [0, 0.05) is 13.7 Å². The summed E-state index contributed by atoms with van der Waals surface area (Å²) in [5.74, 6) is 4.75. The molecule has 2 amide bonds. The van der Waals surface area contributed by atoms with E-state index in [2.05, 4.69) is 10.1 Å². The van der Waals surface area contributed by atoms with Crippen molar-refractivity contribution in [3.63, 3.8) is 0 Å². The molecule has 5 heteroatoms. The summed E-state index contributed by atoms with van der Waals surface area (Å²) < 4.78 is 4.65. The molecule has 4 N–H and O–H groups in total. The van der Waals surface area contributed by atoms with Crippen LogP contribution < -0.4 is 16.6 Å². The van der Waals surface area contributed by atoms with Crippen molar-refractivity contribution >= 4 is 6.03 Å². The summed E-state index contributed by atoms with van der Waals surface area (Å²) >= 11 is 0. The van der Waals surface area contributed by atoms with Crippen LogP contribution in [0.2, 0.25) is 0 Å². The van der Waals surface area contributed by atoms with E-state index >= 15 is 0 Å². The second kappa shape index (κ2) is 5.33. The van der Waals surface area contributed by atoms with E-state index in [1.807, 2.05) is 5.43 Å². The van der Waals surface area contributed by atoms with Gasteiger partial charge in [-0.3, -0.25) is 5.43 Å². The second-order valence-electron chi connectivity index (χ2n) is 1.39. The molecule has 0 bridgehead atoms. The molecule has 0 atom stereocenters. The zero-order chi connectivity index (χ0) is 7.11. The first-order valence-corrected chi connectivity index (χ1v) is 2.54. The average molecular weight is 133 g/mol. The van der Waals surface area contributed by atoms with Crippen molar-refractivity contribution in [1.29, 1.82) is 0 Å². The number of amides is 2. The van der Waals surface area contributed by atoms with Crippen molar-refractivity contribution in [2.24, 2.45) is 5.84 Å². The summed E-state index contributed by atoms with van der Waals surface area (Å²) in [4.78, 5) is 10.3. The lowest BCUT2D eigenvalue weighted by atomic mass is 10.7. The number of ether oxygens (including phenoxy) is 1. The number of methoxy groups -OCH3 is 1. The SMILES string of the molecule is COCCNC(=O)NN. The van der Waals surface area contributed by atoms with Gasteiger partial charge >= 0.3 is 6.03 Å². The van der Waals surface area contributed by atoms with Gasteiger partial charge in [-0.2, -0.15) is 0 Å². The quantitative estimate of drug-likeness (QED) is 0.196. The summed E-state index contributed by atoms with van der Waals surface area (Å²) in [6.45, 7) is 0.965. The molecule has 0 fully saturated rings. The van der Waals surface area contributed by atoms with E-state index in [0.29, 0.717) is 13.2 Å². The van der Waals surface area contributed by atoms with Gasteiger partial charge in [-0.1, -0.05) is 0 Å². The molecular weight excluding hydrogens is 122 g/mol.